The van der Waals surface area contributed by atoms with E-state index in [-0.39, 0.29) is 12.2 Å². The van der Waals surface area contributed by atoms with E-state index in [1.54, 1.807) is 0 Å². The average Bonchev–Trinajstić information content (AvgIpc) is 2.58. The van der Waals surface area contributed by atoms with Gasteiger partial charge in [0.2, 0.25) is 5.91 Å². The van der Waals surface area contributed by atoms with E-state index < -0.39 is 0 Å². The van der Waals surface area contributed by atoms with Crippen LogP contribution in [0.1, 0.15) is 39.5 Å². The lowest BCUT2D eigenvalue weighted by molar-refractivity contribution is -0.130. The summed E-state index contributed by atoms with van der Waals surface area (Å²) in [6.45, 7) is 5.16. The molecular weight excluding hydrogens is 220 g/mol. The van der Waals surface area contributed by atoms with Crippen molar-refractivity contribution >= 4 is 17.7 Å². The molecule has 0 spiro atoms. The molecular formula is C12H24N2OS. The van der Waals surface area contributed by atoms with E-state index in [9.17, 15) is 4.79 Å². The van der Waals surface area contributed by atoms with Crippen LogP contribution >= 0.6 is 11.8 Å². The molecule has 0 radical (unpaired) electrons. The highest BCUT2D eigenvalue weighted by atomic mass is 32.2. The predicted octanol–water partition coefficient (Wildman–Crippen LogP) is 2.08. The number of nitrogens with zero attached hydrogens (tertiary/aromatic N) is 1. The van der Waals surface area contributed by atoms with Crippen LogP contribution < -0.4 is 5.32 Å². The molecule has 16 heavy (non-hydrogen) atoms. The molecule has 0 saturated carbocycles. The molecule has 0 aromatic carbocycles. The number of amides is 1. The van der Waals surface area contributed by atoms with E-state index in [4.69, 9.17) is 0 Å². The van der Waals surface area contributed by atoms with E-state index >= 15 is 0 Å². The standard InChI is InChI=1S/C12H24N2OS/c1-4-7-11-13-10(5-2)12(15)14(11)8-6-9-16-3/h10-11,13H,4-9H2,1-3H3. The summed E-state index contributed by atoms with van der Waals surface area (Å²) in [5.41, 5.74) is 0. The molecule has 3 nitrogen and oxygen atoms in total. The van der Waals surface area contributed by atoms with Crippen LogP contribution in [-0.4, -0.2) is 41.6 Å². The fourth-order valence-corrected chi connectivity index (χ4v) is 2.62. The number of hydrogen-bond donors (Lipinski definition) is 1. The summed E-state index contributed by atoms with van der Waals surface area (Å²) in [6.07, 6.45) is 6.59. The highest BCUT2D eigenvalue weighted by Crippen LogP contribution is 2.17. The summed E-state index contributed by atoms with van der Waals surface area (Å²) in [5, 5.41) is 3.44. The first kappa shape index (κ1) is 13.8. The SMILES string of the molecule is CCCC1NC(CC)C(=O)N1CCCSC. The molecule has 4 heteroatoms. The predicted molar refractivity (Wildman–Crippen MR) is 70.6 cm³/mol. The van der Waals surface area contributed by atoms with E-state index in [1.807, 2.05) is 16.7 Å². The van der Waals surface area contributed by atoms with Crippen LogP contribution in [-0.2, 0) is 4.79 Å². The first-order valence-electron chi connectivity index (χ1n) is 6.30. The summed E-state index contributed by atoms with van der Waals surface area (Å²) >= 11 is 1.85. The molecule has 1 fully saturated rings. The number of carbonyl (C=O) groups is 1. The fourth-order valence-electron chi connectivity index (χ4n) is 2.20. The molecule has 1 aliphatic heterocycles. The van der Waals surface area contributed by atoms with E-state index in [2.05, 4.69) is 25.4 Å². The summed E-state index contributed by atoms with van der Waals surface area (Å²) < 4.78 is 0. The Kier molecular flexibility index (Phi) is 6.21. The summed E-state index contributed by atoms with van der Waals surface area (Å²) in [7, 11) is 0. The van der Waals surface area contributed by atoms with E-state index in [0.29, 0.717) is 5.91 Å². The van der Waals surface area contributed by atoms with Crippen LogP contribution in [0.2, 0.25) is 0 Å². The Morgan fingerprint density at radius 2 is 2.19 bits per heavy atom. The molecule has 1 amide bonds. The fraction of sp³-hybridized carbons (Fsp3) is 0.917. The minimum atomic E-state index is 0.0610. The third-order valence-electron chi connectivity index (χ3n) is 3.07. The number of rotatable bonds is 7. The van der Waals surface area contributed by atoms with Crippen LogP contribution in [0.4, 0.5) is 0 Å². The number of carbonyl (C=O) groups excluding carboxylic acids is 1. The van der Waals surface area contributed by atoms with Crippen LogP contribution in [0, 0.1) is 0 Å². The van der Waals surface area contributed by atoms with Gasteiger partial charge in [-0.05, 0) is 31.3 Å². The Morgan fingerprint density at radius 3 is 2.75 bits per heavy atom. The smallest absolute Gasteiger partial charge is 0.241 e. The second kappa shape index (κ2) is 7.17. The highest BCUT2D eigenvalue weighted by Gasteiger charge is 2.36. The largest absolute Gasteiger partial charge is 0.326 e. The van der Waals surface area contributed by atoms with Crippen molar-refractivity contribution in [1.82, 2.24) is 10.2 Å². The van der Waals surface area contributed by atoms with Gasteiger partial charge < -0.3 is 4.90 Å². The average molecular weight is 244 g/mol. The normalized spacial score (nSPS) is 25.4. The van der Waals surface area contributed by atoms with Crippen molar-refractivity contribution in [3.05, 3.63) is 0 Å². The van der Waals surface area contributed by atoms with E-state index in [0.717, 1.165) is 38.0 Å². The van der Waals surface area contributed by atoms with Crippen molar-refractivity contribution in [1.29, 1.82) is 0 Å². The van der Waals surface area contributed by atoms with Crippen molar-refractivity contribution in [2.24, 2.45) is 0 Å². The minimum absolute atomic E-state index is 0.0610. The molecule has 1 saturated heterocycles. The van der Waals surface area contributed by atoms with Gasteiger partial charge in [-0.2, -0.15) is 11.8 Å². The lowest BCUT2D eigenvalue weighted by Gasteiger charge is -2.23. The molecule has 1 N–H and O–H groups in total. The van der Waals surface area contributed by atoms with Gasteiger partial charge in [-0.25, -0.2) is 0 Å². The highest BCUT2D eigenvalue weighted by molar-refractivity contribution is 7.98. The summed E-state index contributed by atoms with van der Waals surface area (Å²) in [5.74, 6) is 1.45. The minimum Gasteiger partial charge on any atom is -0.326 e. The summed E-state index contributed by atoms with van der Waals surface area (Å²) in [6, 6.07) is 0.0610. The Morgan fingerprint density at radius 1 is 1.44 bits per heavy atom. The second-order valence-electron chi connectivity index (χ2n) is 4.31. The molecule has 1 aliphatic rings. The van der Waals surface area contributed by atoms with Gasteiger partial charge in [0.25, 0.3) is 0 Å². The summed E-state index contributed by atoms with van der Waals surface area (Å²) in [4.78, 5) is 14.1. The van der Waals surface area contributed by atoms with Crippen LogP contribution in [0.15, 0.2) is 0 Å². The van der Waals surface area contributed by atoms with Crippen LogP contribution in [0.5, 0.6) is 0 Å². The van der Waals surface area contributed by atoms with E-state index in [1.165, 1.54) is 0 Å². The lowest BCUT2D eigenvalue weighted by atomic mass is 10.2. The van der Waals surface area contributed by atoms with Crippen LogP contribution in [0.25, 0.3) is 0 Å². The van der Waals surface area contributed by atoms with Gasteiger partial charge in [0, 0.05) is 6.54 Å². The topological polar surface area (TPSA) is 32.3 Å². The lowest BCUT2D eigenvalue weighted by Crippen LogP contribution is -2.38. The number of nitrogens with one attached hydrogen (secondary N) is 1. The van der Waals surface area contributed by atoms with Gasteiger partial charge in [0.05, 0.1) is 12.2 Å². The maximum Gasteiger partial charge on any atom is 0.241 e. The van der Waals surface area contributed by atoms with Gasteiger partial charge in [-0.15, -0.1) is 0 Å². The first-order valence-corrected chi connectivity index (χ1v) is 7.69. The molecule has 0 bridgehead atoms. The third-order valence-corrected chi connectivity index (χ3v) is 3.77. The van der Waals surface area contributed by atoms with Gasteiger partial charge in [-0.3, -0.25) is 10.1 Å². The zero-order valence-corrected chi connectivity index (χ0v) is 11.5. The molecule has 0 aromatic heterocycles. The van der Waals surface area contributed by atoms with Gasteiger partial charge in [-0.1, -0.05) is 20.3 Å². The Hall–Kier alpha value is -0.220. The molecule has 0 aromatic rings. The Balaban J connectivity index is 2.50. The number of hydrogen-bond acceptors (Lipinski definition) is 3. The molecule has 2 unspecified atom stereocenters. The van der Waals surface area contributed by atoms with Crippen molar-refractivity contribution in [3.8, 4) is 0 Å². The van der Waals surface area contributed by atoms with Crippen molar-refractivity contribution in [2.75, 3.05) is 18.6 Å². The van der Waals surface area contributed by atoms with Crippen molar-refractivity contribution in [2.45, 2.75) is 51.7 Å². The molecule has 1 heterocycles. The first-order chi connectivity index (χ1) is 7.74. The van der Waals surface area contributed by atoms with Gasteiger partial charge >= 0.3 is 0 Å². The zero-order valence-electron chi connectivity index (χ0n) is 10.7. The third kappa shape index (κ3) is 3.39. The zero-order chi connectivity index (χ0) is 12.0. The quantitative estimate of drug-likeness (QED) is 0.696. The Bertz CT molecular complexity index is 223. The van der Waals surface area contributed by atoms with Gasteiger partial charge in [0.1, 0.15) is 0 Å². The van der Waals surface area contributed by atoms with Gasteiger partial charge in [0.15, 0.2) is 0 Å². The van der Waals surface area contributed by atoms with Crippen molar-refractivity contribution in [3.63, 3.8) is 0 Å². The van der Waals surface area contributed by atoms with Crippen molar-refractivity contribution < 1.29 is 4.79 Å². The van der Waals surface area contributed by atoms with Crippen LogP contribution in [0.3, 0.4) is 0 Å². The second-order valence-corrected chi connectivity index (χ2v) is 5.30. The monoisotopic (exact) mass is 244 g/mol. The maximum atomic E-state index is 12.1. The molecule has 2 atom stereocenters. The molecule has 0 aliphatic carbocycles. The number of thioether (sulfide) groups is 1. The Labute approximate surface area is 103 Å². The molecule has 1 rings (SSSR count). The maximum absolute atomic E-state index is 12.1. The molecule has 94 valence electrons.